The number of methoxy groups -OCH3 is 1. The molecule has 3 aromatic rings. The van der Waals surface area contributed by atoms with Crippen molar-refractivity contribution in [3.8, 4) is 11.5 Å². The topological polar surface area (TPSA) is 64.7 Å². The van der Waals surface area contributed by atoms with Crippen LogP contribution in [0.4, 0.5) is 5.69 Å². The van der Waals surface area contributed by atoms with Crippen molar-refractivity contribution in [2.45, 2.75) is 25.7 Å². The molecule has 2 atom stereocenters. The van der Waals surface area contributed by atoms with Crippen LogP contribution in [-0.4, -0.2) is 25.9 Å². The Hall–Kier alpha value is -2.98. The number of ether oxygens (including phenoxy) is 2. The molecule has 1 heterocycles. The molecule has 0 fully saturated rings. The van der Waals surface area contributed by atoms with Crippen LogP contribution in [0.1, 0.15) is 42.4 Å². The van der Waals surface area contributed by atoms with E-state index < -0.39 is 0 Å². The van der Waals surface area contributed by atoms with Gasteiger partial charge in [0.05, 0.1) is 12.3 Å². The summed E-state index contributed by atoms with van der Waals surface area (Å²) in [4.78, 5) is 0. The number of hydrogen-bond acceptors (Lipinski definition) is 4. The molecule has 0 aromatic heterocycles. The molecular weight excluding hydrogens is 362 g/mol. The Morgan fingerprint density at radius 2 is 1.52 bits per heavy atom. The van der Waals surface area contributed by atoms with Crippen molar-refractivity contribution in [1.29, 1.82) is 0 Å². The number of aromatic hydroxyl groups is 1. The van der Waals surface area contributed by atoms with Gasteiger partial charge in [0.15, 0.2) is 0 Å². The Kier molecular flexibility index (Phi) is 8.56. The van der Waals surface area contributed by atoms with Crippen molar-refractivity contribution in [2.75, 3.05) is 26.6 Å². The first kappa shape index (κ1) is 22.3. The number of rotatable bonds is 2. The van der Waals surface area contributed by atoms with Gasteiger partial charge in [0.25, 0.3) is 0 Å². The fourth-order valence-corrected chi connectivity index (χ4v) is 3.53. The lowest BCUT2D eigenvalue weighted by atomic mass is 9.76. The fraction of sp³-hybridized carbons (Fsp3) is 0.280. The second-order valence-electron chi connectivity index (χ2n) is 6.57. The summed E-state index contributed by atoms with van der Waals surface area (Å²) in [6.07, 6.45) is 0. The van der Waals surface area contributed by atoms with Gasteiger partial charge in [0, 0.05) is 31.6 Å². The first-order valence-electron chi connectivity index (χ1n) is 9.91. The van der Waals surface area contributed by atoms with Crippen molar-refractivity contribution in [3.05, 3.63) is 89.5 Å². The predicted molar refractivity (Wildman–Crippen MR) is 120 cm³/mol. The summed E-state index contributed by atoms with van der Waals surface area (Å²) in [6.45, 7) is 4.62. The molecule has 4 heteroatoms. The van der Waals surface area contributed by atoms with E-state index in [1.54, 1.807) is 20.3 Å². The summed E-state index contributed by atoms with van der Waals surface area (Å²) >= 11 is 0. The quantitative estimate of drug-likeness (QED) is 0.441. The van der Waals surface area contributed by atoms with Crippen molar-refractivity contribution in [1.82, 2.24) is 0 Å². The molecule has 1 aliphatic rings. The maximum Gasteiger partial charge on any atom is 0.138 e. The van der Waals surface area contributed by atoms with Gasteiger partial charge in [-0.1, -0.05) is 68.4 Å². The van der Waals surface area contributed by atoms with Crippen LogP contribution in [0.2, 0.25) is 0 Å². The van der Waals surface area contributed by atoms with E-state index in [1.807, 2.05) is 50.2 Å². The van der Waals surface area contributed by atoms with E-state index in [0.717, 1.165) is 16.9 Å². The zero-order valence-electron chi connectivity index (χ0n) is 17.6. The van der Waals surface area contributed by atoms with Crippen LogP contribution in [0.15, 0.2) is 72.8 Å². The normalized spacial score (nSPS) is 16.8. The molecule has 154 valence electrons. The minimum Gasteiger partial charge on any atom is -0.506 e. The van der Waals surface area contributed by atoms with Crippen LogP contribution >= 0.6 is 0 Å². The summed E-state index contributed by atoms with van der Waals surface area (Å²) in [5, 5.41) is 9.77. The van der Waals surface area contributed by atoms with Crippen molar-refractivity contribution < 1.29 is 14.6 Å². The number of phenolic OH excluding ortho intramolecular Hbond substituents is 1. The average molecular weight is 394 g/mol. The number of hydrogen-bond donors (Lipinski definition) is 2. The maximum atomic E-state index is 9.77. The zero-order chi connectivity index (χ0) is 21.2. The van der Waals surface area contributed by atoms with Gasteiger partial charge in [-0.3, -0.25) is 0 Å². The van der Waals surface area contributed by atoms with Crippen LogP contribution in [0.5, 0.6) is 11.5 Å². The van der Waals surface area contributed by atoms with Crippen LogP contribution in [0.25, 0.3) is 0 Å². The molecule has 29 heavy (non-hydrogen) atoms. The molecule has 0 saturated carbocycles. The summed E-state index contributed by atoms with van der Waals surface area (Å²) in [5.41, 5.74) is 9.84. The number of para-hydroxylation sites is 1. The first-order chi connectivity index (χ1) is 14.2. The highest BCUT2D eigenvalue weighted by atomic mass is 16.5. The molecule has 0 amide bonds. The molecule has 4 rings (SSSR count). The number of phenols is 1. The molecule has 2 unspecified atom stereocenters. The molecule has 0 bridgehead atoms. The summed E-state index contributed by atoms with van der Waals surface area (Å²) in [6, 6.07) is 24.0. The van der Waals surface area contributed by atoms with Crippen LogP contribution in [0.3, 0.4) is 0 Å². The van der Waals surface area contributed by atoms with Gasteiger partial charge in [-0.25, -0.2) is 0 Å². The lowest BCUT2D eigenvalue weighted by Crippen LogP contribution is -2.25. The maximum absolute atomic E-state index is 9.77. The summed E-state index contributed by atoms with van der Waals surface area (Å²) in [5.74, 6) is 1.38. The highest BCUT2D eigenvalue weighted by molar-refractivity contribution is 5.57. The van der Waals surface area contributed by atoms with E-state index in [-0.39, 0.29) is 17.6 Å². The van der Waals surface area contributed by atoms with Crippen LogP contribution in [-0.2, 0) is 4.74 Å². The molecular formula is C25H31NO3. The van der Waals surface area contributed by atoms with Crippen molar-refractivity contribution >= 4 is 5.69 Å². The van der Waals surface area contributed by atoms with Gasteiger partial charge in [0.1, 0.15) is 11.5 Å². The monoisotopic (exact) mass is 393 g/mol. The third-order valence-electron chi connectivity index (χ3n) is 4.71. The summed E-state index contributed by atoms with van der Waals surface area (Å²) < 4.78 is 10.3. The third kappa shape index (κ3) is 5.30. The Balaban J connectivity index is 0.000000551. The van der Waals surface area contributed by atoms with Crippen molar-refractivity contribution in [2.24, 2.45) is 0 Å². The molecule has 1 aliphatic heterocycles. The van der Waals surface area contributed by atoms with E-state index in [2.05, 4.69) is 35.1 Å². The van der Waals surface area contributed by atoms with Crippen molar-refractivity contribution in [3.63, 3.8) is 0 Å². The van der Waals surface area contributed by atoms with Gasteiger partial charge in [0.2, 0.25) is 0 Å². The molecule has 0 saturated heterocycles. The second kappa shape index (κ2) is 11.1. The average Bonchev–Trinajstić information content (AvgIpc) is 2.77. The Morgan fingerprint density at radius 1 is 0.897 bits per heavy atom. The highest BCUT2D eigenvalue weighted by Gasteiger charge is 2.33. The number of nitrogens with two attached hydrogens (primary N) is 1. The molecule has 0 aliphatic carbocycles. The minimum atomic E-state index is 0.121. The molecule has 3 aromatic carbocycles. The Labute approximate surface area is 173 Å². The SMILES string of the molecule is CC.COC.Nc1cc(C2c3ccccc3OCC2c2ccccc2)ccc1O. The second-order valence-corrected chi connectivity index (χ2v) is 6.57. The minimum absolute atomic E-state index is 0.121. The van der Waals surface area contributed by atoms with E-state index in [9.17, 15) is 5.11 Å². The largest absolute Gasteiger partial charge is 0.506 e. The van der Waals surface area contributed by atoms with E-state index >= 15 is 0 Å². The van der Waals surface area contributed by atoms with Gasteiger partial charge in [-0.2, -0.15) is 0 Å². The fourth-order valence-electron chi connectivity index (χ4n) is 3.53. The Morgan fingerprint density at radius 3 is 2.17 bits per heavy atom. The van der Waals surface area contributed by atoms with E-state index in [4.69, 9.17) is 10.5 Å². The highest BCUT2D eigenvalue weighted by Crippen LogP contribution is 2.46. The van der Waals surface area contributed by atoms with Gasteiger partial charge in [-0.05, 0) is 29.3 Å². The molecule has 0 spiro atoms. The van der Waals surface area contributed by atoms with E-state index in [1.165, 1.54) is 5.56 Å². The van der Waals surface area contributed by atoms with Crippen LogP contribution in [0, 0.1) is 0 Å². The number of fused-ring (bicyclic) bond motifs is 1. The standard InChI is InChI=1S/C21H19NO2.C2H6O.C2H6/c22-18-12-15(10-11-19(18)23)21-16-8-4-5-9-20(16)24-13-17(21)14-6-2-1-3-7-14;1-3-2;1-2/h1-12,17,21,23H,13,22H2;1-2H3;1-2H3. The smallest absolute Gasteiger partial charge is 0.138 e. The van der Waals surface area contributed by atoms with Gasteiger partial charge >= 0.3 is 0 Å². The number of anilines is 1. The summed E-state index contributed by atoms with van der Waals surface area (Å²) in [7, 11) is 3.25. The van der Waals surface area contributed by atoms with E-state index in [0.29, 0.717) is 12.3 Å². The third-order valence-corrected chi connectivity index (χ3v) is 4.71. The molecule has 3 N–H and O–H groups in total. The predicted octanol–water partition coefficient (Wildman–Crippen LogP) is 5.57. The lowest BCUT2D eigenvalue weighted by molar-refractivity contribution is 0.249. The number of nitrogen functional groups attached to an aromatic ring is 1. The molecule has 0 radical (unpaired) electrons. The van der Waals surface area contributed by atoms with Gasteiger partial charge in [-0.15, -0.1) is 0 Å². The lowest BCUT2D eigenvalue weighted by Gasteiger charge is -2.34. The molecule has 4 nitrogen and oxygen atoms in total. The zero-order valence-corrected chi connectivity index (χ0v) is 17.6. The first-order valence-corrected chi connectivity index (χ1v) is 9.91. The number of benzene rings is 3. The Bertz CT molecular complexity index is 880. The van der Waals surface area contributed by atoms with Crippen LogP contribution < -0.4 is 10.5 Å². The van der Waals surface area contributed by atoms with Gasteiger partial charge < -0.3 is 20.3 Å².